The predicted molar refractivity (Wildman–Crippen MR) is 103 cm³/mol. The number of nitrogens with zero attached hydrogens (tertiary/aromatic N) is 3. The smallest absolute Gasteiger partial charge is 0.191 e. The highest BCUT2D eigenvalue weighted by atomic mass is 19.1. The maximum absolute atomic E-state index is 12.9. The lowest BCUT2D eigenvalue weighted by atomic mass is 10.2. The van der Waals surface area contributed by atoms with Crippen molar-refractivity contribution in [3.05, 3.63) is 77.9 Å². The largest absolute Gasteiger partial charge is 0.457 e. The normalized spacial score (nSPS) is 11.3. The molecule has 1 aromatic heterocycles. The molecular weight excluding hydrogens is 345 g/mol. The van der Waals surface area contributed by atoms with E-state index in [1.165, 1.54) is 12.1 Å². The molecule has 6 nitrogen and oxygen atoms in total. The molecule has 3 rings (SSSR count). The summed E-state index contributed by atoms with van der Waals surface area (Å²) in [5.41, 5.74) is 2.16. The van der Waals surface area contributed by atoms with Crippen LogP contribution in [0.25, 0.3) is 0 Å². The highest BCUT2D eigenvalue weighted by molar-refractivity contribution is 5.79. The van der Waals surface area contributed by atoms with Gasteiger partial charge < -0.3 is 15.4 Å². The molecule has 2 aromatic carbocycles. The minimum atomic E-state index is -0.283. The van der Waals surface area contributed by atoms with Crippen LogP contribution in [0.3, 0.4) is 0 Å². The fourth-order valence-corrected chi connectivity index (χ4v) is 2.47. The zero-order valence-corrected chi connectivity index (χ0v) is 15.3. The summed E-state index contributed by atoms with van der Waals surface area (Å²) < 4.78 is 20.4. The van der Waals surface area contributed by atoms with Gasteiger partial charge in [-0.25, -0.2) is 4.39 Å². The summed E-state index contributed by atoms with van der Waals surface area (Å²) in [6.45, 7) is 1.27. The molecule has 7 heteroatoms. The lowest BCUT2D eigenvalue weighted by Crippen LogP contribution is -2.36. The van der Waals surface area contributed by atoms with Gasteiger partial charge in [-0.1, -0.05) is 12.1 Å². The van der Waals surface area contributed by atoms with E-state index in [0.717, 1.165) is 11.3 Å². The van der Waals surface area contributed by atoms with Crippen LogP contribution in [-0.4, -0.2) is 22.8 Å². The van der Waals surface area contributed by atoms with Crippen molar-refractivity contribution >= 4 is 5.96 Å². The molecule has 0 unspecified atom stereocenters. The number of rotatable bonds is 6. The van der Waals surface area contributed by atoms with Crippen molar-refractivity contribution in [2.75, 3.05) is 7.05 Å². The van der Waals surface area contributed by atoms with Crippen LogP contribution in [0.2, 0.25) is 0 Å². The Labute approximate surface area is 157 Å². The van der Waals surface area contributed by atoms with E-state index >= 15 is 0 Å². The average Bonchev–Trinajstić information content (AvgIpc) is 3.10. The fraction of sp³-hybridized carbons (Fsp3) is 0.200. The highest BCUT2D eigenvalue weighted by Gasteiger charge is 2.03. The first kappa shape index (κ1) is 18.4. The van der Waals surface area contributed by atoms with Crippen molar-refractivity contribution in [1.29, 1.82) is 0 Å². The molecule has 0 aliphatic carbocycles. The fourth-order valence-electron chi connectivity index (χ4n) is 2.47. The molecule has 0 atom stereocenters. The number of nitrogens with one attached hydrogen (secondary N) is 2. The van der Waals surface area contributed by atoms with Gasteiger partial charge in [0.15, 0.2) is 5.96 Å². The third kappa shape index (κ3) is 5.31. The highest BCUT2D eigenvalue weighted by Crippen LogP contribution is 2.21. The topological polar surface area (TPSA) is 63.5 Å². The Kier molecular flexibility index (Phi) is 6.04. The molecule has 3 aromatic rings. The van der Waals surface area contributed by atoms with Gasteiger partial charge in [0.25, 0.3) is 0 Å². The average molecular weight is 367 g/mol. The molecule has 0 fully saturated rings. The van der Waals surface area contributed by atoms with E-state index in [2.05, 4.69) is 20.7 Å². The van der Waals surface area contributed by atoms with Gasteiger partial charge in [0.2, 0.25) is 0 Å². The molecule has 0 radical (unpaired) electrons. The third-order valence-corrected chi connectivity index (χ3v) is 4.02. The Balaban J connectivity index is 1.50. The van der Waals surface area contributed by atoms with Gasteiger partial charge in [-0.2, -0.15) is 5.10 Å². The molecule has 0 spiro atoms. The summed E-state index contributed by atoms with van der Waals surface area (Å²) in [7, 11) is 3.64. The van der Waals surface area contributed by atoms with E-state index < -0.39 is 0 Å². The number of hydrogen-bond acceptors (Lipinski definition) is 3. The summed E-state index contributed by atoms with van der Waals surface area (Å²) in [6, 6.07) is 15.6. The zero-order chi connectivity index (χ0) is 19.1. The van der Waals surface area contributed by atoms with Crippen LogP contribution >= 0.6 is 0 Å². The molecule has 0 amide bonds. The van der Waals surface area contributed by atoms with Gasteiger partial charge in [0, 0.05) is 26.8 Å². The molecule has 140 valence electrons. The molecule has 1 heterocycles. The summed E-state index contributed by atoms with van der Waals surface area (Å²) in [4.78, 5) is 4.22. The first-order valence-corrected chi connectivity index (χ1v) is 8.58. The van der Waals surface area contributed by atoms with Gasteiger partial charge in [-0.3, -0.25) is 9.67 Å². The second kappa shape index (κ2) is 8.84. The van der Waals surface area contributed by atoms with E-state index in [4.69, 9.17) is 4.74 Å². The van der Waals surface area contributed by atoms with Crippen molar-refractivity contribution in [3.63, 3.8) is 0 Å². The summed E-state index contributed by atoms with van der Waals surface area (Å²) >= 11 is 0. The first-order valence-electron chi connectivity index (χ1n) is 8.58. The second-order valence-electron chi connectivity index (χ2n) is 5.93. The van der Waals surface area contributed by atoms with Crippen LogP contribution in [0.4, 0.5) is 4.39 Å². The van der Waals surface area contributed by atoms with Crippen LogP contribution in [0.1, 0.15) is 11.3 Å². The molecule has 0 saturated heterocycles. The summed E-state index contributed by atoms with van der Waals surface area (Å²) in [6.07, 6.45) is 1.77. The van der Waals surface area contributed by atoms with Crippen molar-refractivity contribution in [1.82, 2.24) is 20.4 Å². The third-order valence-electron chi connectivity index (χ3n) is 4.02. The van der Waals surface area contributed by atoms with Crippen LogP contribution in [0.5, 0.6) is 11.5 Å². The Morgan fingerprint density at radius 1 is 1.00 bits per heavy atom. The van der Waals surface area contributed by atoms with Crippen LogP contribution in [0.15, 0.2) is 65.8 Å². The molecule has 27 heavy (non-hydrogen) atoms. The quantitative estimate of drug-likeness (QED) is 0.519. The van der Waals surface area contributed by atoms with E-state index in [0.29, 0.717) is 30.5 Å². The maximum atomic E-state index is 12.9. The van der Waals surface area contributed by atoms with E-state index in [1.807, 2.05) is 42.1 Å². The van der Waals surface area contributed by atoms with Crippen LogP contribution in [0, 0.1) is 5.82 Å². The molecule has 2 N–H and O–H groups in total. The molecule has 0 bridgehead atoms. The number of benzene rings is 2. The second-order valence-corrected chi connectivity index (χ2v) is 5.93. The lowest BCUT2D eigenvalue weighted by molar-refractivity contribution is 0.480. The van der Waals surface area contributed by atoms with Crippen molar-refractivity contribution in [2.45, 2.75) is 13.1 Å². The van der Waals surface area contributed by atoms with Gasteiger partial charge in [0.1, 0.15) is 17.3 Å². The summed E-state index contributed by atoms with van der Waals surface area (Å²) in [5, 5.41) is 10.7. The first-order chi connectivity index (χ1) is 13.1. The van der Waals surface area contributed by atoms with Crippen molar-refractivity contribution in [2.24, 2.45) is 12.0 Å². The van der Waals surface area contributed by atoms with E-state index in [-0.39, 0.29) is 5.82 Å². The Hall–Kier alpha value is -3.35. The predicted octanol–water partition coefficient (Wildman–Crippen LogP) is 3.22. The molecular formula is C20H22FN5O. The van der Waals surface area contributed by atoms with Gasteiger partial charge in [-0.15, -0.1) is 0 Å². The SMILES string of the molecule is CN=C(NCc1ccc(Oc2ccc(F)cc2)cc1)NCc1ccnn1C. The van der Waals surface area contributed by atoms with Gasteiger partial charge in [-0.05, 0) is 48.0 Å². The monoisotopic (exact) mass is 367 g/mol. The van der Waals surface area contributed by atoms with Crippen molar-refractivity contribution < 1.29 is 9.13 Å². The number of aryl methyl sites for hydroxylation is 1. The Morgan fingerprint density at radius 2 is 1.63 bits per heavy atom. The minimum Gasteiger partial charge on any atom is -0.457 e. The molecule has 0 aliphatic heterocycles. The number of aromatic nitrogens is 2. The zero-order valence-electron chi connectivity index (χ0n) is 15.3. The van der Waals surface area contributed by atoms with E-state index in [1.54, 1.807) is 25.4 Å². The minimum absolute atomic E-state index is 0.283. The number of ether oxygens (including phenoxy) is 1. The number of halogens is 1. The number of hydrogen-bond donors (Lipinski definition) is 2. The Bertz CT molecular complexity index is 887. The standard InChI is InChI=1S/C20H22FN5O/c1-22-20(24-14-17-11-12-25-26(17)2)23-13-15-3-7-18(8-4-15)27-19-9-5-16(21)6-10-19/h3-12H,13-14H2,1-2H3,(H2,22,23,24). The van der Waals surface area contributed by atoms with Crippen LogP contribution < -0.4 is 15.4 Å². The number of guanidine groups is 1. The van der Waals surface area contributed by atoms with Gasteiger partial charge in [0.05, 0.1) is 12.2 Å². The summed E-state index contributed by atoms with van der Waals surface area (Å²) in [5.74, 6) is 1.73. The number of aliphatic imine (C=N–C) groups is 1. The lowest BCUT2D eigenvalue weighted by Gasteiger charge is -2.12. The van der Waals surface area contributed by atoms with Crippen LogP contribution in [-0.2, 0) is 20.1 Å². The maximum Gasteiger partial charge on any atom is 0.191 e. The molecule has 0 saturated carbocycles. The van der Waals surface area contributed by atoms with E-state index in [9.17, 15) is 4.39 Å². The molecule has 0 aliphatic rings. The van der Waals surface area contributed by atoms with Crippen molar-refractivity contribution in [3.8, 4) is 11.5 Å². The Morgan fingerprint density at radius 3 is 2.22 bits per heavy atom. The van der Waals surface area contributed by atoms with Gasteiger partial charge >= 0.3 is 0 Å².